The van der Waals surface area contributed by atoms with Crippen LogP contribution in [0.4, 0.5) is 0 Å². The number of rotatable bonds is 3. The molecule has 18 heavy (non-hydrogen) atoms. The standard InChI is InChI=1S/C13H18N4O/c1-16-5-3-10(9-16)7-12-14-13-8-11(18-2)4-6-17(13)15-12/h4,6,8,10H,3,5,7,9H2,1-2H3. The second-order valence-electron chi connectivity index (χ2n) is 5.02. The number of methoxy groups -OCH3 is 1. The number of hydrogen-bond donors (Lipinski definition) is 0. The molecule has 1 fully saturated rings. The minimum absolute atomic E-state index is 0.689. The molecule has 2 aromatic rings. The molecule has 0 aromatic carbocycles. The van der Waals surface area contributed by atoms with Crippen LogP contribution >= 0.6 is 0 Å². The van der Waals surface area contributed by atoms with Gasteiger partial charge in [-0.05, 0) is 32.0 Å². The molecule has 5 nitrogen and oxygen atoms in total. The zero-order chi connectivity index (χ0) is 12.5. The van der Waals surface area contributed by atoms with Gasteiger partial charge in [-0.1, -0.05) is 0 Å². The third kappa shape index (κ3) is 2.18. The summed E-state index contributed by atoms with van der Waals surface area (Å²) >= 11 is 0. The van der Waals surface area contributed by atoms with Crippen molar-refractivity contribution in [2.45, 2.75) is 12.8 Å². The van der Waals surface area contributed by atoms with E-state index in [2.05, 4.69) is 22.0 Å². The Balaban J connectivity index is 1.80. The summed E-state index contributed by atoms with van der Waals surface area (Å²) in [5.41, 5.74) is 0.857. The molecule has 0 N–H and O–H groups in total. The Morgan fingerprint density at radius 2 is 2.39 bits per heavy atom. The molecule has 3 rings (SSSR count). The quantitative estimate of drug-likeness (QED) is 0.817. The lowest BCUT2D eigenvalue weighted by molar-refractivity contribution is 0.392. The van der Waals surface area contributed by atoms with Gasteiger partial charge in [0, 0.05) is 25.2 Å². The van der Waals surface area contributed by atoms with Crippen molar-refractivity contribution in [2.75, 3.05) is 27.2 Å². The van der Waals surface area contributed by atoms with Gasteiger partial charge in [-0.3, -0.25) is 0 Å². The maximum Gasteiger partial charge on any atom is 0.159 e. The molecule has 0 aliphatic carbocycles. The van der Waals surface area contributed by atoms with E-state index in [9.17, 15) is 0 Å². The molecule has 0 spiro atoms. The molecule has 1 aliphatic rings. The summed E-state index contributed by atoms with van der Waals surface area (Å²) in [7, 11) is 3.83. The van der Waals surface area contributed by atoms with Gasteiger partial charge in [0.1, 0.15) is 5.75 Å². The monoisotopic (exact) mass is 246 g/mol. The second kappa shape index (κ2) is 4.57. The van der Waals surface area contributed by atoms with Crippen molar-refractivity contribution in [1.82, 2.24) is 19.5 Å². The molecular formula is C13H18N4O. The highest BCUT2D eigenvalue weighted by Crippen LogP contribution is 2.19. The highest BCUT2D eigenvalue weighted by Gasteiger charge is 2.21. The highest BCUT2D eigenvalue weighted by molar-refractivity contribution is 5.43. The van der Waals surface area contributed by atoms with Crippen LogP contribution in [0.5, 0.6) is 5.75 Å². The van der Waals surface area contributed by atoms with Gasteiger partial charge in [0.25, 0.3) is 0 Å². The van der Waals surface area contributed by atoms with Crippen LogP contribution in [0, 0.1) is 5.92 Å². The summed E-state index contributed by atoms with van der Waals surface area (Å²) in [4.78, 5) is 6.93. The van der Waals surface area contributed by atoms with E-state index >= 15 is 0 Å². The number of likely N-dealkylation sites (tertiary alicyclic amines) is 1. The zero-order valence-electron chi connectivity index (χ0n) is 10.8. The molecule has 5 heteroatoms. The van der Waals surface area contributed by atoms with Crippen LogP contribution in [0.15, 0.2) is 18.3 Å². The smallest absolute Gasteiger partial charge is 0.159 e. The van der Waals surface area contributed by atoms with Crippen molar-refractivity contribution in [3.8, 4) is 5.75 Å². The van der Waals surface area contributed by atoms with Crippen molar-refractivity contribution in [1.29, 1.82) is 0 Å². The van der Waals surface area contributed by atoms with Crippen LogP contribution in [0.2, 0.25) is 0 Å². The third-order valence-electron chi connectivity index (χ3n) is 3.55. The first-order valence-corrected chi connectivity index (χ1v) is 6.32. The zero-order valence-corrected chi connectivity index (χ0v) is 10.8. The summed E-state index contributed by atoms with van der Waals surface area (Å²) in [6, 6.07) is 3.81. The maximum atomic E-state index is 5.19. The Hall–Kier alpha value is -1.62. The normalized spacial score (nSPS) is 20.7. The van der Waals surface area contributed by atoms with Crippen molar-refractivity contribution in [3.63, 3.8) is 0 Å². The maximum absolute atomic E-state index is 5.19. The molecule has 0 bridgehead atoms. The van der Waals surface area contributed by atoms with Crippen LogP contribution < -0.4 is 4.74 Å². The fraction of sp³-hybridized carbons (Fsp3) is 0.538. The number of fused-ring (bicyclic) bond motifs is 1. The van der Waals surface area contributed by atoms with Crippen molar-refractivity contribution in [3.05, 3.63) is 24.2 Å². The van der Waals surface area contributed by atoms with Gasteiger partial charge in [0.15, 0.2) is 11.5 Å². The Morgan fingerprint density at radius 1 is 1.50 bits per heavy atom. The SMILES string of the molecule is COc1ccn2nc(CC3CCN(C)C3)nc2c1. The van der Waals surface area contributed by atoms with Crippen LogP contribution in [0.3, 0.4) is 0 Å². The molecule has 2 aromatic heterocycles. The lowest BCUT2D eigenvalue weighted by Gasteiger charge is -2.07. The lowest BCUT2D eigenvalue weighted by atomic mass is 10.1. The van der Waals surface area contributed by atoms with Crippen molar-refractivity contribution >= 4 is 5.65 Å². The Kier molecular flexibility index (Phi) is 2.91. The minimum atomic E-state index is 0.689. The third-order valence-corrected chi connectivity index (χ3v) is 3.55. The minimum Gasteiger partial charge on any atom is -0.497 e. The van der Waals surface area contributed by atoms with Crippen LogP contribution in [0.25, 0.3) is 5.65 Å². The van der Waals surface area contributed by atoms with E-state index in [4.69, 9.17) is 4.74 Å². The molecule has 1 aliphatic heterocycles. The van der Waals surface area contributed by atoms with Gasteiger partial charge >= 0.3 is 0 Å². The van der Waals surface area contributed by atoms with Gasteiger partial charge in [-0.2, -0.15) is 5.10 Å². The second-order valence-corrected chi connectivity index (χ2v) is 5.02. The number of aromatic nitrogens is 3. The van der Waals surface area contributed by atoms with Crippen LogP contribution in [-0.2, 0) is 6.42 Å². The van der Waals surface area contributed by atoms with Gasteiger partial charge < -0.3 is 9.64 Å². The predicted octanol–water partition coefficient (Wildman–Crippen LogP) is 1.23. The van der Waals surface area contributed by atoms with E-state index in [1.54, 1.807) is 7.11 Å². The van der Waals surface area contributed by atoms with Crippen LogP contribution in [0.1, 0.15) is 12.2 Å². The van der Waals surface area contributed by atoms with Crippen molar-refractivity contribution in [2.24, 2.45) is 5.92 Å². The molecular weight excluding hydrogens is 228 g/mol. The Morgan fingerprint density at radius 3 is 3.11 bits per heavy atom. The average molecular weight is 246 g/mol. The highest BCUT2D eigenvalue weighted by atomic mass is 16.5. The summed E-state index contributed by atoms with van der Waals surface area (Å²) in [5.74, 6) is 2.44. The van der Waals surface area contributed by atoms with E-state index in [-0.39, 0.29) is 0 Å². The van der Waals surface area contributed by atoms with Gasteiger partial charge in [0.2, 0.25) is 0 Å². The first kappa shape index (κ1) is 11.5. The summed E-state index contributed by atoms with van der Waals surface area (Å²) in [6.45, 7) is 2.34. The summed E-state index contributed by atoms with van der Waals surface area (Å²) < 4.78 is 7.01. The van der Waals surface area contributed by atoms with E-state index in [0.29, 0.717) is 5.92 Å². The molecule has 0 saturated carbocycles. The van der Waals surface area contributed by atoms with Crippen molar-refractivity contribution < 1.29 is 4.74 Å². The number of nitrogens with zero attached hydrogens (tertiary/aromatic N) is 4. The van der Waals surface area contributed by atoms with E-state index in [1.165, 1.54) is 13.0 Å². The first-order chi connectivity index (χ1) is 8.74. The molecule has 1 unspecified atom stereocenters. The molecule has 96 valence electrons. The van der Waals surface area contributed by atoms with Gasteiger partial charge in [-0.15, -0.1) is 0 Å². The molecule has 3 heterocycles. The number of ether oxygens (including phenoxy) is 1. The number of pyridine rings is 1. The van der Waals surface area contributed by atoms with E-state index in [1.807, 2.05) is 22.8 Å². The largest absolute Gasteiger partial charge is 0.497 e. The number of hydrogen-bond acceptors (Lipinski definition) is 4. The molecule has 1 atom stereocenters. The Bertz CT molecular complexity index is 551. The fourth-order valence-electron chi connectivity index (χ4n) is 2.57. The van der Waals surface area contributed by atoms with E-state index in [0.717, 1.165) is 30.2 Å². The molecule has 0 amide bonds. The fourth-order valence-corrected chi connectivity index (χ4v) is 2.57. The van der Waals surface area contributed by atoms with E-state index < -0.39 is 0 Å². The predicted molar refractivity (Wildman–Crippen MR) is 68.8 cm³/mol. The van der Waals surface area contributed by atoms with Gasteiger partial charge in [-0.25, -0.2) is 9.50 Å². The molecule has 1 saturated heterocycles. The Labute approximate surface area is 106 Å². The lowest BCUT2D eigenvalue weighted by Crippen LogP contribution is -2.15. The van der Waals surface area contributed by atoms with Crippen LogP contribution in [-0.4, -0.2) is 46.7 Å². The summed E-state index contributed by atoms with van der Waals surface area (Å²) in [5, 5.41) is 4.51. The topological polar surface area (TPSA) is 42.7 Å². The molecule has 0 radical (unpaired) electrons. The average Bonchev–Trinajstić information content (AvgIpc) is 2.94. The van der Waals surface area contributed by atoms with Gasteiger partial charge in [0.05, 0.1) is 7.11 Å². The first-order valence-electron chi connectivity index (χ1n) is 6.32. The summed E-state index contributed by atoms with van der Waals surface area (Å²) in [6.07, 6.45) is 4.11.